The normalized spacial score (nSPS) is 10.6. The van der Waals surface area contributed by atoms with Gasteiger partial charge in [-0.05, 0) is 30.3 Å². The number of aromatic nitrogens is 5. The van der Waals surface area contributed by atoms with Crippen LogP contribution in [0.5, 0.6) is 0 Å². The van der Waals surface area contributed by atoms with Crippen LogP contribution in [0.25, 0.3) is 28.0 Å². The molecule has 0 aliphatic carbocycles. The zero-order valence-corrected chi connectivity index (χ0v) is 11.1. The molecule has 0 bridgehead atoms. The van der Waals surface area contributed by atoms with Gasteiger partial charge in [-0.3, -0.25) is 4.57 Å². The molecule has 0 radical (unpaired) electrons. The fraction of sp³-hybridized carbons (Fsp3) is 0. The van der Waals surface area contributed by atoms with Gasteiger partial charge in [0.05, 0.1) is 28.2 Å². The Morgan fingerprint density at radius 2 is 1.95 bits per heavy atom. The highest BCUT2D eigenvalue weighted by Crippen LogP contribution is 2.19. The molecule has 4 rings (SSSR count). The second kappa shape index (κ2) is 4.40. The molecule has 1 N–H and O–H groups in total. The van der Waals surface area contributed by atoms with Gasteiger partial charge in [-0.15, -0.1) is 0 Å². The zero-order valence-electron chi connectivity index (χ0n) is 11.1. The van der Waals surface area contributed by atoms with Crippen LogP contribution in [0.1, 0.15) is 11.4 Å². The van der Waals surface area contributed by atoms with E-state index in [0.29, 0.717) is 22.5 Å². The van der Waals surface area contributed by atoms with Crippen molar-refractivity contribution in [1.29, 1.82) is 10.5 Å². The molecule has 0 unspecified atom stereocenters. The average molecular weight is 285 g/mol. The highest BCUT2D eigenvalue weighted by Gasteiger charge is 2.09. The summed E-state index contributed by atoms with van der Waals surface area (Å²) >= 11 is 0. The van der Waals surface area contributed by atoms with Crippen molar-refractivity contribution in [3.63, 3.8) is 0 Å². The van der Waals surface area contributed by atoms with E-state index in [2.05, 4.69) is 26.0 Å². The van der Waals surface area contributed by atoms with Crippen molar-refractivity contribution in [1.82, 2.24) is 24.5 Å². The number of H-pyrrole nitrogens is 1. The fourth-order valence-electron chi connectivity index (χ4n) is 2.33. The molecule has 0 aliphatic heterocycles. The lowest BCUT2D eigenvalue weighted by molar-refractivity contribution is 1.03. The molecule has 3 aromatic heterocycles. The van der Waals surface area contributed by atoms with Crippen LogP contribution in [-0.4, -0.2) is 24.5 Å². The third-order valence-corrected chi connectivity index (χ3v) is 3.36. The molecule has 1 aromatic carbocycles. The van der Waals surface area contributed by atoms with Gasteiger partial charge < -0.3 is 4.98 Å². The molecule has 7 nitrogen and oxygen atoms in total. The van der Waals surface area contributed by atoms with Crippen molar-refractivity contribution >= 4 is 22.2 Å². The predicted molar refractivity (Wildman–Crippen MR) is 77.9 cm³/mol. The Hall–Kier alpha value is -3.71. The minimum atomic E-state index is 0.230. The molecule has 7 heteroatoms. The first kappa shape index (κ1) is 12.1. The number of rotatable bonds is 1. The number of nitrogens with zero attached hydrogens (tertiary/aromatic N) is 6. The highest BCUT2D eigenvalue weighted by molar-refractivity contribution is 5.79. The number of aromatic amines is 1. The van der Waals surface area contributed by atoms with E-state index in [1.807, 2.05) is 28.8 Å². The number of imidazole rings is 2. The summed E-state index contributed by atoms with van der Waals surface area (Å²) in [4.78, 5) is 15.7. The molecule has 4 aromatic rings. The first-order valence-electron chi connectivity index (χ1n) is 6.43. The lowest BCUT2D eigenvalue weighted by Crippen LogP contribution is -1.95. The van der Waals surface area contributed by atoms with Crippen LogP contribution in [0.2, 0.25) is 0 Å². The van der Waals surface area contributed by atoms with Gasteiger partial charge in [-0.25, -0.2) is 9.97 Å². The Kier molecular flexibility index (Phi) is 2.41. The first-order chi connectivity index (χ1) is 10.8. The molecular formula is C15H7N7. The Bertz CT molecular complexity index is 1100. The summed E-state index contributed by atoms with van der Waals surface area (Å²) in [5, 5.41) is 17.8. The Balaban J connectivity index is 1.91. The maximum atomic E-state index is 8.93. The van der Waals surface area contributed by atoms with Crippen LogP contribution in [0.3, 0.4) is 0 Å². The maximum Gasteiger partial charge on any atom is 0.212 e. The van der Waals surface area contributed by atoms with Crippen molar-refractivity contribution in [2.75, 3.05) is 0 Å². The van der Waals surface area contributed by atoms with E-state index >= 15 is 0 Å². The fourth-order valence-corrected chi connectivity index (χ4v) is 2.33. The average Bonchev–Trinajstić information content (AvgIpc) is 3.16. The Morgan fingerprint density at radius 3 is 2.77 bits per heavy atom. The zero-order chi connectivity index (χ0) is 15.1. The van der Waals surface area contributed by atoms with Gasteiger partial charge in [0.1, 0.15) is 18.2 Å². The number of hydrogen-bond donors (Lipinski definition) is 1. The van der Waals surface area contributed by atoms with E-state index in [-0.39, 0.29) is 5.82 Å². The summed E-state index contributed by atoms with van der Waals surface area (Å²) < 4.78 is 1.82. The third kappa shape index (κ3) is 1.70. The minimum absolute atomic E-state index is 0.230. The third-order valence-electron chi connectivity index (χ3n) is 3.36. The van der Waals surface area contributed by atoms with E-state index in [0.717, 1.165) is 11.0 Å². The van der Waals surface area contributed by atoms with Crippen molar-refractivity contribution in [3.05, 3.63) is 48.0 Å². The number of benzene rings is 1. The highest BCUT2D eigenvalue weighted by atomic mass is 15.1. The van der Waals surface area contributed by atoms with Gasteiger partial charge in [0.15, 0.2) is 5.65 Å². The second-order valence-corrected chi connectivity index (χ2v) is 4.67. The van der Waals surface area contributed by atoms with Crippen LogP contribution in [-0.2, 0) is 0 Å². The molecule has 0 saturated heterocycles. The first-order valence-corrected chi connectivity index (χ1v) is 6.43. The van der Waals surface area contributed by atoms with Gasteiger partial charge in [-0.2, -0.15) is 15.5 Å². The van der Waals surface area contributed by atoms with Gasteiger partial charge in [0.25, 0.3) is 0 Å². The topological polar surface area (TPSA) is 107 Å². The summed E-state index contributed by atoms with van der Waals surface area (Å²) in [7, 11) is 0. The van der Waals surface area contributed by atoms with Gasteiger partial charge >= 0.3 is 0 Å². The molecule has 0 atom stereocenters. The molecule has 0 saturated carbocycles. The monoisotopic (exact) mass is 285 g/mol. The molecule has 22 heavy (non-hydrogen) atoms. The van der Waals surface area contributed by atoms with E-state index in [1.165, 1.54) is 0 Å². The minimum Gasteiger partial charge on any atom is -0.328 e. The summed E-state index contributed by atoms with van der Waals surface area (Å²) in [5.74, 6) is 0.879. The standard InChI is InChI=1S/C15H7N7/c16-6-9-1-3-12-11(5-9)18-8-22(12)14-4-2-10-15(21-14)20-13(7-17)19-10/h1-5,8H,(H,19,20,21). The largest absolute Gasteiger partial charge is 0.328 e. The summed E-state index contributed by atoms with van der Waals surface area (Å²) in [6.45, 7) is 0. The van der Waals surface area contributed by atoms with Crippen LogP contribution >= 0.6 is 0 Å². The Morgan fingerprint density at radius 1 is 1.05 bits per heavy atom. The van der Waals surface area contributed by atoms with Gasteiger partial charge in [-0.1, -0.05) is 0 Å². The maximum absolute atomic E-state index is 8.93. The number of hydrogen-bond acceptors (Lipinski definition) is 5. The molecule has 102 valence electrons. The van der Waals surface area contributed by atoms with E-state index in [9.17, 15) is 0 Å². The molecule has 0 aliphatic rings. The molecular weight excluding hydrogens is 278 g/mol. The Labute approximate surface area is 124 Å². The van der Waals surface area contributed by atoms with Crippen molar-refractivity contribution in [3.8, 4) is 18.0 Å². The summed E-state index contributed by atoms with van der Waals surface area (Å²) in [6.07, 6.45) is 1.65. The number of pyridine rings is 1. The number of fused-ring (bicyclic) bond motifs is 2. The quantitative estimate of drug-likeness (QED) is 0.576. The molecule has 0 spiro atoms. The predicted octanol–water partition coefficient (Wildman–Crippen LogP) is 2.04. The van der Waals surface area contributed by atoms with Crippen molar-refractivity contribution in [2.45, 2.75) is 0 Å². The summed E-state index contributed by atoms with van der Waals surface area (Å²) in [5.41, 5.74) is 3.32. The van der Waals surface area contributed by atoms with Crippen LogP contribution in [0.15, 0.2) is 36.7 Å². The van der Waals surface area contributed by atoms with Crippen LogP contribution in [0, 0.1) is 22.7 Å². The summed E-state index contributed by atoms with van der Waals surface area (Å²) in [6, 6.07) is 13.0. The SMILES string of the molecule is N#Cc1ccc2c(c1)ncn2-c1ccc2[nH]c(C#N)nc2n1. The van der Waals surface area contributed by atoms with Crippen LogP contribution < -0.4 is 0 Å². The lowest BCUT2D eigenvalue weighted by Gasteiger charge is -2.02. The van der Waals surface area contributed by atoms with E-state index < -0.39 is 0 Å². The molecule has 3 heterocycles. The van der Waals surface area contributed by atoms with Gasteiger partial charge in [0.2, 0.25) is 5.82 Å². The molecule has 0 fully saturated rings. The van der Waals surface area contributed by atoms with Gasteiger partial charge in [0, 0.05) is 0 Å². The smallest absolute Gasteiger partial charge is 0.212 e. The number of nitrogens with one attached hydrogen (secondary N) is 1. The second-order valence-electron chi connectivity index (χ2n) is 4.67. The van der Waals surface area contributed by atoms with E-state index in [4.69, 9.17) is 10.5 Å². The van der Waals surface area contributed by atoms with Crippen LogP contribution in [0.4, 0.5) is 0 Å². The lowest BCUT2D eigenvalue weighted by atomic mass is 10.2. The van der Waals surface area contributed by atoms with E-state index in [1.54, 1.807) is 18.5 Å². The molecule has 0 amide bonds. The number of nitriles is 2. The van der Waals surface area contributed by atoms with Crippen molar-refractivity contribution in [2.24, 2.45) is 0 Å². The van der Waals surface area contributed by atoms with Crippen molar-refractivity contribution < 1.29 is 0 Å².